The lowest BCUT2D eigenvalue weighted by Crippen LogP contribution is -2.24. The average Bonchev–Trinajstić information content (AvgIpc) is 2.79. The molecule has 0 aliphatic heterocycles. The molecule has 0 aromatic carbocycles. The Hall–Kier alpha value is -0.430. The molecule has 0 bridgehead atoms. The predicted octanol–water partition coefficient (Wildman–Crippen LogP) is 2.68. The van der Waals surface area contributed by atoms with Gasteiger partial charge in [-0.3, -0.25) is 4.79 Å². The van der Waals surface area contributed by atoms with E-state index in [-0.39, 0.29) is 5.91 Å². The van der Waals surface area contributed by atoms with Crippen LogP contribution in [0.1, 0.15) is 23.2 Å². The molecular formula is C12H18BrNO3S. The smallest absolute Gasteiger partial charge is 0.252 e. The van der Waals surface area contributed by atoms with Crippen molar-refractivity contribution in [1.82, 2.24) is 5.32 Å². The van der Waals surface area contributed by atoms with E-state index in [1.165, 1.54) is 11.3 Å². The van der Waals surface area contributed by atoms with Gasteiger partial charge in [0.15, 0.2) is 0 Å². The summed E-state index contributed by atoms with van der Waals surface area (Å²) in [4.78, 5) is 11.7. The van der Waals surface area contributed by atoms with Crippen LogP contribution < -0.4 is 5.32 Å². The molecule has 1 N–H and O–H groups in total. The first-order valence-electron chi connectivity index (χ1n) is 5.83. The molecule has 0 saturated carbocycles. The molecule has 1 heterocycles. The number of ether oxygens (including phenoxy) is 2. The summed E-state index contributed by atoms with van der Waals surface area (Å²) in [6.45, 7) is 2.65. The normalized spacial score (nSPS) is 10.6. The largest absolute Gasteiger partial charge is 0.382 e. The van der Waals surface area contributed by atoms with Crippen LogP contribution in [0.3, 0.4) is 0 Å². The molecule has 0 spiro atoms. The second kappa shape index (κ2) is 9.49. The zero-order valence-corrected chi connectivity index (χ0v) is 12.8. The van der Waals surface area contributed by atoms with Crippen LogP contribution in [0.25, 0.3) is 0 Å². The minimum Gasteiger partial charge on any atom is -0.382 e. The van der Waals surface area contributed by atoms with E-state index in [0.717, 1.165) is 16.6 Å². The van der Waals surface area contributed by atoms with Gasteiger partial charge in [0.05, 0.1) is 22.6 Å². The minimum absolute atomic E-state index is 0.0164. The number of halogens is 1. The van der Waals surface area contributed by atoms with Crippen molar-refractivity contribution in [3.63, 3.8) is 0 Å². The van der Waals surface area contributed by atoms with Crippen molar-refractivity contribution in [2.24, 2.45) is 0 Å². The van der Waals surface area contributed by atoms with Gasteiger partial charge < -0.3 is 14.8 Å². The van der Waals surface area contributed by atoms with Gasteiger partial charge in [0.1, 0.15) is 0 Å². The third-order valence-electron chi connectivity index (χ3n) is 2.26. The van der Waals surface area contributed by atoms with Crippen molar-refractivity contribution in [3.05, 3.63) is 20.8 Å². The molecule has 0 atom stereocenters. The summed E-state index contributed by atoms with van der Waals surface area (Å²) in [7, 11) is 1.65. The van der Waals surface area contributed by atoms with Crippen LogP contribution in [-0.2, 0) is 9.47 Å². The topological polar surface area (TPSA) is 47.6 Å². The van der Waals surface area contributed by atoms with Crippen LogP contribution in [-0.4, -0.2) is 39.4 Å². The zero-order chi connectivity index (χ0) is 13.2. The fourth-order valence-electron chi connectivity index (χ4n) is 1.31. The first kappa shape index (κ1) is 15.6. The van der Waals surface area contributed by atoms with E-state index >= 15 is 0 Å². The summed E-state index contributed by atoms with van der Waals surface area (Å²) >= 11 is 4.85. The van der Waals surface area contributed by atoms with Gasteiger partial charge in [-0.05, 0) is 34.8 Å². The van der Waals surface area contributed by atoms with E-state index < -0.39 is 0 Å². The van der Waals surface area contributed by atoms with Gasteiger partial charge in [-0.25, -0.2) is 0 Å². The lowest BCUT2D eigenvalue weighted by atomic mass is 10.3. The molecule has 18 heavy (non-hydrogen) atoms. The van der Waals surface area contributed by atoms with Crippen molar-refractivity contribution in [3.8, 4) is 0 Å². The molecule has 0 unspecified atom stereocenters. The molecule has 0 fully saturated rings. The van der Waals surface area contributed by atoms with E-state index in [4.69, 9.17) is 9.47 Å². The highest BCUT2D eigenvalue weighted by molar-refractivity contribution is 9.11. The summed E-state index contributed by atoms with van der Waals surface area (Å²) in [5, 5.41) is 4.72. The van der Waals surface area contributed by atoms with E-state index in [2.05, 4.69) is 21.2 Å². The molecular weight excluding hydrogens is 318 g/mol. The Kier molecular flexibility index (Phi) is 8.24. The third kappa shape index (κ3) is 6.49. The quantitative estimate of drug-likeness (QED) is 0.706. The molecule has 6 heteroatoms. The Morgan fingerprint density at radius 2 is 2.22 bits per heavy atom. The first-order chi connectivity index (χ1) is 8.74. The van der Waals surface area contributed by atoms with Gasteiger partial charge in [-0.2, -0.15) is 0 Å². The van der Waals surface area contributed by atoms with Crippen LogP contribution in [0.15, 0.2) is 15.2 Å². The van der Waals surface area contributed by atoms with Crippen molar-refractivity contribution >= 4 is 33.2 Å². The Balaban J connectivity index is 1.99. The fraction of sp³-hybridized carbons (Fsp3) is 0.583. The number of amides is 1. The third-order valence-corrected chi connectivity index (χ3v) is 3.77. The van der Waals surface area contributed by atoms with E-state index in [9.17, 15) is 4.79 Å². The van der Waals surface area contributed by atoms with Gasteiger partial charge in [-0.1, -0.05) is 0 Å². The number of hydrogen-bond acceptors (Lipinski definition) is 4. The molecule has 1 aromatic heterocycles. The predicted molar refractivity (Wildman–Crippen MR) is 76.3 cm³/mol. The van der Waals surface area contributed by atoms with Crippen LogP contribution in [0, 0.1) is 0 Å². The Bertz CT molecular complexity index is 357. The molecule has 1 aromatic rings. The van der Waals surface area contributed by atoms with E-state index in [1.807, 2.05) is 11.4 Å². The SMILES string of the molecule is COCCOCCCCNC(=O)c1csc(Br)c1. The number of carbonyl (C=O) groups excluding carboxylic acids is 1. The van der Waals surface area contributed by atoms with Gasteiger partial charge in [0.2, 0.25) is 0 Å². The Morgan fingerprint density at radius 3 is 2.89 bits per heavy atom. The number of carbonyl (C=O) groups is 1. The van der Waals surface area contributed by atoms with Crippen LogP contribution >= 0.6 is 27.3 Å². The minimum atomic E-state index is -0.0164. The number of unbranched alkanes of at least 4 members (excludes halogenated alkanes) is 1. The van der Waals surface area contributed by atoms with Gasteiger partial charge in [-0.15, -0.1) is 11.3 Å². The van der Waals surface area contributed by atoms with E-state index in [0.29, 0.717) is 31.9 Å². The summed E-state index contributed by atoms with van der Waals surface area (Å²) in [6, 6.07) is 1.83. The molecule has 102 valence electrons. The lowest BCUT2D eigenvalue weighted by molar-refractivity contribution is 0.0686. The summed E-state index contributed by atoms with van der Waals surface area (Å²) in [5.41, 5.74) is 0.711. The van der Waals surface area contributed by atoms with Crippen LogP contribution in [0.4, 0.5) is 0 Å². The Labute approximate surface area is 120 Å². The molecule has 1 rings (SSSR count). The number of thiophene rings is 1. The molecule has 0 aliphatic carbocycles. The molecule has 1 amide bonds. The Morgan fingerprint density at radius 1 is 1.39 bits per heavy atom. The number of nitrogens with one attached hydrogen (secondary N) is 1. The monoisotopic (exact) mass is 335 g/mol. The molecule has 0 radical (unpaired) electrons. The fourth-order valence-corrected chi connectivity index (χ4v) is 2.44. The second-order valence-corrected chi connectivity index (χ2v) is 6.00. The number of rotatable bonds is 9. The zero-order valence-electron chi connectivity index (χ0n) is 10.4. The van der Waals surface area contributed by atoms with Gasteiger partial charge in [0, 0.05) is 25.6 Å². The number of methoxy groups -OCH3 is 1. The first-order valence-corrected chi connectivity index (χ1v) is 7.50. The average molecular weight is 336 g/mol. The van der Waals surface area contributed by atoms with Crippen molar-refractivity contribution in [2.75, 3.05) is 33.5 Å². The molecule has 4 nitrogen and oxygen atoms in total. The number of hydrogen-bond donors (Lipinski definition) is 1. The maximum atomic E-state index is 11.7. The molecule has 0 saturated heterocycles. The van der Waals surface area contributed by atoms with E-state index in [1.54, 1.807) is 7.11 Å². The summed E-state index contributed by atoms with van der Waals surface area (Å²) < 4.78 is 11.2. The standard InChI is InChI=1S/C12H18BrNO3S/c1-16-6-7-17-5-3-2-4-14-12(15)10-8-11(13)18-9-10/h8-9H,2-7H2,1H3,(H,14,15). The maximum Gasteiger partial charge on any atom is 0.252 e. The van der Waals surface area contributed by atoms with Crippen LogP contribution in [0.2, 0.25) is 0 Å². The maximum absolute atomic E-state index is 11.7. The highest BCUT2D eigenvalue weighted by Crippen LogP contribution is 2.20. The highest BCUT2D eigenvalue weighted by atomic mass is 79.9. The van der Waals surface area contributed by atoms with Gasteiger partial charge in [0.25, 0.3) is 5.91 Å². The summed E-state index contributed by atoms with van der Waals surface area (Å²) in [6.07, 6.45) is 1.86. The highest BCUT2D eigenvalue weighted by Gasteiger charge is 2.06. The molecule has 0 aliphatic rings. The van der Waals surface area contributed by atoms with Crippen molar-refractivity contribution in [2.45, 2.75) is 12.8 Å². The van der Waals surface area contributed by atoms with Crippen LogP contribution in [0.5, 0.6) is 0 Å². The lowest BCUT2D eigenvalue weighted by Gasteiger charge is -2.05. The second-order valence-electron chi connectivity index (χ2n) is 3.71. The van der Waals surface area contributed by atoms with Crippen molar-refractivity contribution in [1.29, 1.82) is 0 Å². The van der Waals surface area contributed by atoms with Crippen molar-refractivity contribution < 1.29 is 14.3 Å². The summed E-state index contributed by atoms with van der Waals surface area (Å²) in [5.74, 6) is -0.0164. The van der Waals surface area contributed by atoms with Gasteiger partial charge >= 0.3 is 0 Å².